The maximum absolute atomic E-state index is 14.7. The van der Waals surface area contributed by atoms with Crippen molar-refractivity contribution < 1.29 is 9.50 Å². The highest BCUT2D eigenvalue weighted by Gasteiger charge is 2.27. The van der Waals surface area contributed by atoms with Gasteiger partial charge in [-0.25, -0.2) is 9.37 Å². The quantitative estimate of drug-likeness (QED) is 0.625. The summed E-state index contributed by atoms with van der Waals surface area (Å²) in [6.45, 7) is 4.71. The van der Waals surface area contributed by atoms with Crippen LogP contribution in [0.3, 0.4) is 0 Å². The summed E-state index contributed by atoms with van der Waals surface area (Å²) in [6.07, 6.45) is 3.80. The van der Waals surface area contributed by atoms with E-state index in [-0.39, 0.29) is 11.3 Å². The summed E-state index contributed by atoms with van der Waals surface area (Å²) >= 11 is 1.10. The zero-order chi connectivity index (χ0) is 20.7. The van der Waals surface area contributed by atoms with Crippen molar-refractivity contribution in [3.63, 3.8) is 0 Å². The largest absolute Gasteiger partial charge is 0.507 e. The highest BCUT2D eigenvalue weighted by atomic mass is 32.1. The average molecular weight is 427 g/mol. The number of aromatic nitrogens is 4. The molecule has 156 valence electrons. The zero-order valence-electron chi connectivity index (χ0n) is 16.7. The number of nitrogens with zero attached hydrogens (tertiary/aromatic N) is 5. The van der Waals surface area contributed by atoms with Crippen LogP contribution in [0.15, 0.2) is 24.3 Å². The van der Waals surface area contributed by atoms with Crippen molar-refractivity contribution in [3.05, 3.63) is 35.9 Å². The second-order valence-corrected chi connectivity index (χ2v) is 8.81. The second kappa shape index (κ2) is 7.88. The first-order chi connectivity index (χ1) is 14.6. The van der Waals surface area contributed by atoms with Crippen LogP contribution in [0.5, 0.6) is 5.75 Å². The summed E-state index contributed by atoms with van der Waals surface area (Å²) < 4.78 is 18.7. The molecular formula is C21H23FN6OS. The Hall–Kier alpha value is -2.65. The van der Waals surface area contributed by atoms with Gasteiger partial charge in [-0.1, -0.05) is 0 Å². The van der Waals surface area contributed by atoms with E-state index in [9.17, 15) is 9.50 Å². The summed E-state index contributed by atoms with van der Waals surface area (Å²) in [7, 11) is 0. The minimum Gasteiger partial charge on any atom is -0.507 e. The third kappa shape index (κ3) is 3.99. The number of hydrogen-bond donors (Lipinski definition) is 2. The molecule has 2 N–H and O–H groups in total. The molecular weight excluding hydrogens is 403 g/mol. The van der Waals surface area contributed by atoms with Gasteiger partial charge in [0.1, 0.15) is 22.4 Å². The lowest BCUT2D eigenvalue weighted by Crippen LogP contribution is -2.34. The Labute approximate surface area is 178 Å². The minimum absolute atomic E-state index is 0.0631. The molecule has 1 aliphatic heterocycles. The van der Waals surface area contributed by atoms with Gasteiger partial charge in [0.2, 0.25) is 0 Å². The standard InChI is InChI=1S/C21H23FN6OS/c1-12-24-21(30-27-12)15-9-19(29)16(8-17(15)22)18-4-5-20(26-25-18)28-7-6-14(11-28)23-10-13-2-3-13/h4-5,8-9,13-14,23,29H,2-3,6-7,10-11H2,1H3/t14-/m0/s1. The van der Waals surface area contributed by atoms with E-state index in [2.05, 4.69) is 29.8 Å². The Morgan fingerprint density at radius 2 is 2.07 bits per heavy atom. The fourth-order valence-corrected chi connectivity index (χ4v) is 4.45. The van der Waals surface area contributed by atoms with Crippen LogP contribution in [0.2, 0.25) is 0 Å². The van der Waals surface area contributed by atoms with Crippen molar-refractivity contribution >= 4 is 17.4 Å². The number of aromatic hydroxyl groups is 1. The summed E-state index contributed by atoms with van der Waals surface area (Å²) in [4.78, 5) is 6.40. The molecule has 1 saturated heterocycles. The first kappa shape index (κ1) is 19.3. The van der Waals surface area contributed by atoms with Crippen LogP contribution in [-0.4, -0.2) is 50.3 Å². The number of aryl methyl sites for hydroxylation is 1. The van der Waals surface area contributed by atoms with E-state index in [1.807, 2.05) is 6.07 Å². The molecule has 5 rings (SSSR count). The topological polar surface area (TPSA) is 87.1 Å². The second-order valence-electron chi connectivity index (χ2n) is 8.06. The third-order valence-electron chi connectivity index (χ3n) is 5.67. The molecule has 0 unspecified atom stereocenters. The van der Waals surface area contributed by atoms with Crippen LogP contribution in [0.25, 0.3) is 21.8 Å². The van der Waals surface area contributed by atoms with E-state index in [0.29, 0.717) is 28.1 Å². The number of phenolic OH excluding ortho intramolecular Hbond substituents is 1. The molecule has 3 heterocycles. The summed E-state index contributed by atoms with van der Waals surface area (Å²) in [5.74, 6) is 1.70. The van der Waals surface area contributed by atoms with Crippen molar-refractivity contribution in [1.82, 2.24) is 24.9 Å². The molecule has 30 heavy (non-hydrogen) atoms. The fourth-order valence-electron chi connectivity index (χ4n) is 3.77. The SMILES string of the molecule is Cc1nsc(-c2cc(O)c(-c3ccc(N4CC[C@H](NCC5CC5)C4)nn3)cc2F)n1. The minimum atomic E-state index is -0.478. The molecule has 7 nitrogen and oxygen atoms in total. The van der Waals surface area contributed by atoms with Crippen LogP contribution in [0.4, 0.5) is 10.2 Å². The molecule has 1 atom stereocenters. The average Bonchev–Trinajstić information content (AvgIpc) is 3.28. The Balaban J connectivity index is 1.31. The molecule has 0 bridgehead atoms. The smallest absolute Gasteiger partial charge is 0.151 e. The van der Waals surface area contributed by atoms with Crippen molar-refractivity contribution in [2.45, 2.75) is 32.2 Å². The van der Waals surface area contributed by atoms with E-state index in [0.717, 1.165) is 49.3 Å². The molecule has 1 aromatic carbocycles. The zero-order valence-corrected chi connectivity index (χ0v) is 17.5. The fraction of sp³-hybridized carbons (Fsp3) is 0.429. The molecule has 1 saturated carbocycles. The molecule has 0 spiro atoms. The van der Waals surface area contributed by atoms with Gasteiger partial charge in [-0.15, -0.1) is 10.2 Å². The van der Waals surface area contributed by atoms with Crippen molar-refractivity contribution in [2.24, 2.45) is 5.92 Å². The lowest BCUT2D eigenvalue weighted by molar-refractivity contribution is 0.475. The Morgan fingerprint density at radius 3 is 2.77 bits per heavy atom. The first-order valence-electron chi connectivity index (χ1n) is 10.2. The molecule has 1 aliphatic carbocycles. The summed E-state index contributed by atoms with van der Waals surface area (Å²) in [5, 5.41) is 23.1. The maximum Gasteiger partial charge on any atom is 0.151 e. The van der Waals surface area contributed by atoms with E-state index >= 15 is 0 Å². The number of benzene rings is 1. The predicted molar refractivity (Wildman–Crippen MR) is 114 cm³/mol. The van der Waals surface area contributed by atoms with Gasteiger partial charge in [0.15, 0.2) is 5.82 Å². The number of anilines is 1. The number of hydrogen-bond acceptors (Lipinski definition) is 8. The van der Waals surface area contributed by atoms with Gasteiger partial charge in [-0.05, 0) is 74.4 Å². The molecule has 2 aliphatic rings. The van der Waals surface area contributed by atoms with Crippen LogP contribution in [-0.2, 0) is 0 Å². The number of nitrogens with one attached hydrogen (secondary N) is 1. The van der Waals surface area contributed by atoms with Gasteiger partial charge in [0.05, 0.1) is 11.3 Å². The van der Waals surface area contributed by atoms with Gasteiger partial charge in [-0.2, -0.15) is 4.37 Å². The Bertz CT molecular complexity index is 1050. The van der Waals surface area contributed by atoms with Gasteiger partial charge < -0.3 is 15.3 Å². The van der Waals surface area contributed by atoms with Crippen LogP contribution in [0, 0.1) is 18.7 Å². The number of halogens is 1. The number of rotatable bonds is 6. The molecule has 2 fully saturated rings. The monoisotopic (exact) mass is 426 g/mol. The van der Waals surface area contributed by atoms with E-state index in [1.165, 1.54) is 25.0 Å². The molecule has 0 radical (unpaired) electrons. The Morgan fingerprint density at radius 1 is 1.20 bits per heavy atom. The van der Waals surface area contributed by atoms with Crippen molar-refractivity contribution in [3.8, 4) is 27.6 Å². The molecule has 9 heteroatoms. The van der Waals surface area contributed by atoms with E-state index in [1.54, 1.807) is 13.0 Å². The maximum atomic E-state index is 14.7. The Kier molecular flexibility index (Phi) is 5.08. The summed E-state index contributed by atoms with van der Waals surface area (Å²) in [5.41, 5.74) is 0.966. The van der Waals surface area contributed by atoms with Crippen molar-refractivity contribution in [1.29, 1.82) is 0 Å². The van der Waals surface area contributed by atoms with Gasteiger partial charge in [0.25, 0.3) is 0 Å². The highest BCUT2D eigenvalue weighted by molar-refractivity contribution is 7.09. The van der Waals surface area contributed by atoms with Gasteiger partial charge >= 0.3 is 0 Å². The normalized spacial score (nSPS) is 18.9. The first-order valence-corrected chi connectivity index (χ1v) is 11.0. The van der Waals surface area contributed by atoms with Gasteiger partial charge in [0, 0.05) is 24.7 Å². The third-order valence-corrected chi connectivity index (χ3v) is 6.51. The molecule has 0 amide bonds. The lowest BCUT2D eigenvalue weighted by atomic mass is 10.1. The van der Waals surface area contributed by atoms with E-state index in [4.69, 9.17) is 0 Å². The number of phenols is 1. The van der Waals surface area contributed by atoms with E-state index < -0.39 is 5.82 Å². The molecule has 3 aromatic rings. The van der Waals surface area contributed by atoms with Gasteiger partial charge in [-0.3, -0.25) is 0 Å². The van der Waals surface area contributed by atoms with Crippen molar-refractivity contribution in [2.75, 3.05) is 24.5 Å². The lowest BCUT2D eigenvalue weighted by Gasteiger charge is -2.17. The highest BCUT2D eigenvalue weighted by Crippen LogP contribution is 2.35. The van der Waals surface area contributed by atoms with Crippen LogP contribution in [0.1, 0.15) is 25.1 Å². The summed E-state index contributed by atoms with van der Waals surface area (Å²) in [6, 6.07) is 6.79. The van der Waals surface area contributed by atoms with Crippen LogP contribution < -0.4 is 10.2 Å². The predicted octanol–water partition coefficient (Wildman–Crippen LogP) is 3.39. The van der Waals surface area contributed by atoms with Crippen LogP contribution >= 0.6 is 11.5 Å². The molecule has 2 aromatic heterocycles.